The van der Waals surface area contributed by atoms with Gasteiger partial charge in [0.05, 0.1) is 27.5 Å². The van der Waals surface area contributed by atoms with Crippen molar-refractivity contribution in [2.45, 2.75) is 11.3 Å². The lowest BCUT2D eigenvalue weighted by Crippen LogP contribution is -2.33. The number of nitrogens with zero attached hydrogens (tertiary/aromatic N) is 2. The van der Waals surface area contributed by atoms with Gasteiger partial charge in [0.2, 0.25) is 0 Å². The van der Waals surface area contributed by atoms with Crippen LogP contribution in [-0.2, 0) is 5.41 Å². The number of benzene rings is 9. The largest absolute Gasteiger partial charge is 0.309 e. The fourth-order valence-electron chi connectivity index (χ4n) is 12.1. The number of fused-ring (bicyclic) bond motifs is 18. The zero-order valence-corrected chi connectivity index (χ0v) is 33.3. The van der Waals surface area contributed by atoms with Crippen LogP contribution in [0.15, 0.2) is 218 Å². The highest BCUT2D eigenvalue weighted by molar-refractivity contribution is 6.19. The van der Waals surface area contributed by atoms with Crippen molar-refractivity contribution in [3.63, 3.8) is 0 Å². The monoisotopic (exact) mass is 774 g/mol. The summed E-state index contributed by atoms with van der Waals surface area (Å²) >= 11 is 0. The first-order chi connectivity index (χ1) is 30.3. The van der Waals surface area contributed by atoms with E-state index in [1.54, 1.807) is 0 Å². The van der Waals surface area contributed by atoms with E-state index in [1.165, 1.54) is 98.9 Å². The average Bonchev–Trinajstić information content (AvgIpc) is 4.04. The van der Waals surface area contributed by atoms with Gasteiger partial charge in [0.25, 0.3) is 0 Å². The molecule has 3 atom stereocenters. The van der Waals surface area contributed by atoms with Crippen LogP contribution in [-0.4, -0.2) is 9.13 Å². The highest BCUT2D eigenvalue weighted by Crippen LogP contribution is 2.67. The molecule has 2 heterocycles. The first kappa shape index (κ1) is 33.2. The molecule has 284 valence electrons. The molecule has 0 amide bonds. The Kier molecular flexibility index (Phi) is 6.63. The molecule has 0 bridgehead atoms. The molecule has 2 nitrogen and oxygen atoms in total. The smallest absolute Gasteiger partial charge is 0.0619 e. The van der Waals surface area contributed by atoms with E-state index in [-0.39, 0.29) is 11.8 Å². The maximum atomic E-state index is 2.67. The van der Waals surface area contributed by atoms with Crippen molar-refractivity contribution < 1.29 is 0 Å². The molecule has 0 N–H and O–H groups in total. The van der Waals surface area contributed by atoms with E-state index >= 15 is 0 Å². The maximum absolute atomic E-state index is 2.67. The van der Waals surface area contributed by atoms with Crippen molar-refractivity contribution in [1.29, 1.82) is 0 Å². The van der Waals surface area contributed by atoms with Crippen molar-refractivity contribution in [3.05, 3.63) is 241 Å². The van der Waals surface area contributed by atoms with Gasteiger partial charge in [0.15, 0.2) is 0 Å². The van der Waals surface area contributed by atoms with Gasteiger partial charge in [-0.25, -0.2) is 0 Å². The maximum Gasteiger partial charge on any atom is 0.0619 e. The van der Waals surface area contributed by atoms with Gasteiger partial charge >= 0.3 is 0 Å². The molecule has 0 fully saturated rings. The molecule has 3 aliphatic rings. The summed E-state index contributed by atoms with van der Waals surface area (Å²) in [4.78, 5) is 0. The van der Waals surface area contributed by atoms with Crippen LogP contribution in [0.3, 0.4) is 0 Å². The molecule has 0 saturated carbocycles. The standard InChI is InChI=1S/C59H38N2/c1-2-18-38(19-3-1)60-54-31-13-9-24-45(54)50-36-39(32-35-55(50)60)61-57-47(41-25-14-17-37-16-4-5-20-40(37)41)26-15-27-48(57)49-34-33-46-44-23-8-12-30-53(44)59(56(46)58(49)61)51-28-10-6-21-42(51)43-22-7-11-29-52(43)59/h1-36,42,51H. The summed E-state index contributed by atoms with van der Waals surface area (Å²) in [6.45, 7) is 0. The molecule has 1 spiro atoms. The number of rotatable bonds is 3. The zero-order chi connectivity index (χ0) is 39.8. The van der Waals surface area contributed by atoms with Gasteiger partial charge < -0.3 is 9.13 Å². The molecular formula is C59H38N2. The fourth-order valence-corrected chi connectivity index (χ4v) is 12.1. The third-order valence-corrected chi connectivity index (χ3v) is 14.4. The summed E-state index contributed by atoms with van der Waals surface area (Å²) in [5, 5.41) is 7.55. The molecule has 0 radical (unpaired) electrons. The lowest BCUT2D eigenvalue weighted by atomic mass is 9.65. The Labute approximate surface area is 353 Å². The molecule has 11 aromatic rings. The number of allylic oxidation sites excluding steroid dienone is 4. The number of para-hydroxylation sites is 3. The van der Waals surface area contributed by atoms with Gasteiger partial charge in [-0.05, 0) is 80.6 Å². The third kappa shape index (κ3) is 4.21. The first-order valence-electron chi connectivity index (χ1n) is 21.5. The molecule has 2 aromatic heterocycles. The fraction of sp³-hybridized carbons (Fsp3) is 0.0508. The topological polar surface area (TPSA) is 9.86 Å². The van der Waals surface area contributed by atoms with E-state index in [4.69, 9.17) is 0 Å². The first-order valence-corrected chi connectivity index (χ1v) is 21.5. The van der Waals surface area contributed by atoms with Crippen molar-refractivity contribution >= 4 is 54.4 Å². The van der Waals surface area contributed by atoms with Gasteiger partial charge in [-0.2, -0.15) is 0 Å². The van der Waals surface area contributed by atoms with Crippen LogP contribution in [0.5, 0.6) is 0 Å². The molecule has 61 heavy (non-hydrogen) atoms. The number of hydrogen-bond donors (Lipinski definition) is 0. The van der Waals surface area contributed by atoms with Crippen LogP contribution in [0.1, 0.15) is 28.2 Å². The summed E-state index contributed by atoms with van der Waals surface area (Å²) in [6.07, 6.45) is 9.51. The Morgan fingerprint density at radius 3 is 1.98 bits per heavy atom. The van der Waals surface area contributed by atoms with Crippen LogP contribution in [0.4, 0.5) is 0 Å². The van der Waals surface area contributed by atoms with Crippen molar-refractivity contribution in [1.82, 2.24) is 9.13 Å². The Morgan fingerprint density at radius 1 is 0.377 bits per heavy atom. The minimum atomic E-state index is -0.396. The summed E-state index contributed by atoms with van der Waals surface area (Å²) < 4.78 is 5.09. The SMILES string of the molecule is C1=CC2c3ccccc3C3(c4ccccc4-c4ccc5c6cccc(-c7cccc8ccccc78)c6n(-c6ccc7c(c6)c6ccccc6n7-c6ccccc6)c5c43)C2C=C1. The minimum absolute atomic E-state index is 0.221. The zero-order valence-electron chi connectivity index (χ0n) is 33.3. The predicted molar refractivity (Wildman–Crippen MR) is 254 cm³/mol. The van der Waals surface area contributed by atoms with Gasteiger partial charge in [-0.3, -0.25) is 0 Å². The van der Waals surface area contributed by atoms with E-state index in [0.29, 0.717) is 0 Å². The second-order valence-corrected chi connectivity index (χ2v) is 17.1. The molecule has 2 heteroatoms. The highest BCUT2D eigenvalue weighted by Gasteiger charge is 2.58. The van der Waals surface area contributed by atoms with Crippen LogP contribution >= 0.6 is 0 Å². The molecule has 0 aliphatic heterocycles. The summed E-state index contributed by atoms with van der Waals surface area (Å²) in [6, 6.07) is 72.9. The van der Waals surface area contributed by atoms with E-state index in [9.17, 15) is 0 Å². The number of aromatic nitrogens is 2. The van der Waals surface area contributed by atoms with Gasteiger partial charge in [-0.1, -0.05) is 182 Å². The average molecular weight is 775 g/mol. The van der Waals surface area contributed by atoms with E-state index in [0.717, 1.165) is 11.4 Å². The van der Waals surface area contributed by atoms with Crippen LogP contribution in [0.25, 0.3) is 88.0 Å². The van der Waals surface area contributed by atoms with Crippen molar-refractivity contribution in [3.8, 4) is 33.6 Å². The summed E-state index contributed by atoms with van der Waals surface area (Å²) in [7, 11) is 0. The Bertz CT molecular complexity index is 3720. The normalized spacial score (nSPS) is 18.4. The minimum Gasteiger partial charge on any atom is -0.309 e. The molecular weight excluding hydrogens is 737 g/mol. The van der Waals surface area contributed by atoms with Crippen LogP contribution in [0.2, 0.25) is 0 Å². The van der Waals surface area contributed by atoms with Crippen molar-refractivity contribution in [2.75, 3.05) is 0 Å². The number of hydrogen-bond acceptors (Lipinski definition) is 0. The third-order valence-electron chi connectivity index (χ3n) is 14.4. The van der Waals surface area contributed by atoms with Crippen molar-refractivity contribution in [2.24, 2.45) is 5.92 Å². The molecule has 3 aliphatic carbocycles. The summed E-state index contributed by atoms with van der Waals surface area (Å²) in [5.74, 6) is 0.498. The van der Waals surface area contributed by atoms with E-state index < -0.39 is 5.41 Å². The molecule has 3 unspecified atom stereocenters. The second kappa shape index (κ2) is 12.2. The molecule has 0 saturated heterocycles. The predicted octanol–water partition coefficient (Wildman–Crippen LogP) is 14.9. The van der Waals surface area contributed by atoms with Gasteiger partial charge in [0, 0.05) is 55.9 Å². The van der Waals surface area contributed by atoms with E-state index in [1.807, 2.05) is 0 Å². The van der Waals surface area contributed by atoms with Crippen LogP contribution in [0, 0.1) is 5.92 Å². The Balaban J connectivity index is 1.18. The molecule has 14 rings (SSSR count). The quantitative estimate of drug-likeness (QED) is 0.169. The Hall–Kier alpha value is -7.68. The Morgan fingerprint density at radius 2 is 1.05 bits per heavy atom. The highest BCUT2D eigenvalue weighted by atomic mass is 15.0. The lowest BCUT2D eigenvalue weighted by molar-refractivity contribution is 0.467. The van der Waals surface area contributed by atoms with E-state index in [2.05, 4.69) is 228 Å². The lowest BCUT2D eigenvalue weighted by Gasteiger charge is -2.36. The van der Waals surface area contributed by atoms with Gasteiger partial charge in [0.1, 0.15) is 0 Å². The summed E-state index contributed by atoms with van der Waals surface area (Å²) in [5.41, 5.74) is 17.7. The van der Waals surface area contributed by atoms with Gasteiger partial charge in [-0.15, -0.1) is 0 Å². The molecule has 9 aromatic carbocycles. The van der Waals surface area contributed by atoms with Crippen LogP contribution < -0.4 is 0 Å². The second-order valence-electron chi connectivity index (χ2n) is 17.1.